The van der Waals surface area contributed by atoms with Crippen LogP contribution >= 0.6 is 0 Å². The van der Waals surface area contributed by atoms with Gasteiger partial charge < -0.3 is 47.6 Å². The molecule has 0 radical (unpaired) electrons. The highest BCUT2D eigenvalue weighted by Crippen LogP contribution is 2.08. The molecule has 6 atom stereocenters. The van der Waals surface area contributed by atoms with Crippen molar-refractivity contribution < 1.29 is 48.9 Å². The van der Waals surface area contributed by atoms with Gasteiger partial charge in [0.1, 0.15) is 24.2 Å². The normalized spacial score (nSPS) is 14.4. The molecule has 16 heteroatoms. The van der Waals surface area contributed by atoms with E-state index in [1.807, 2.05) is 6.92 Å². The summed E-state index contributed by atoms with van der Waals surface area (Å²) in [4.78, 5) is 88.2. The number of hydrogen-bond acceptors (Lipinski definition) is 9. The summed E-state index contributed by atoms with van der Waals surface area (Å²) < 4.78 is 0. The molecule has 0 fully saturated rings. The second kappa shape index (κ2) is 20.9. The molecule has 0 aliphatic rings. The van der Waals surface area contributed by atoms with Crippen LogP contribution in [0.4, 0.5) is 0 Å². The molecule has 0 saturated heterocycles. The van der Waals surface area contributed by atoms with Crippen molar-refractivity contribution in [2.75, 3.05) is 13.2 Å². The molecule has 0 bridgehead atoms. The lowest BCUT2D eigenvalue weighted by atomic mass is 9.99. The third kappa shape index (κ3) is 14.0. The van der Waals surface area contributed by atoms with Gasteiger partial charge in [-0.2, -0.15) is 0 Å². The van der Waals surface area contributed by atoms with Crippen molar-refractivity contribution in [1.29, 1.82) is 0 Å². The molecule has 272 valence electrons. The SMILES string of the molecule is CCC(C)C(N)C(=O)NC(CO)C(=O)NC(CCC(=O)O)C(=O)NC(Cc1ccccc1)C(=O)NCC(=O)NC(Cc1ccccc1)C(=O)O. The van der Waals surface area contributed by atoms with Crippen molar-refractivity contribution in [2.24, 2.45) is 11.7 Å². The van der Waals surface area contributed by atoms with E-state index in [0.717, 1.165) is 0 Å². The fourth-order valence-corrected chi connectivity index (χ4v) is 4.70. The van der Waals surface area contributed by atoms with Crippen molar-refractivity contribution in [3.63, 3.8) is 0 Å². The Morgan fingerprint density at radius 2 is 1.18 bits per heavy atom. The molecular weight excluding hydrogens is 652 g/mol. The number of nitrogens with two attached hydrogens (primary N) is 1. The fraction of sp³-hybridized carbons (Fsp3) is 0.441. The van der Waals surface area contributed by atoms with E-state index in [4.69, 9.17) is 5.73 Å². The van der Waals surface area contributed by atoms with Gasteiger partial charge in [-0.25, -0.2) is 4.79 Å². The predicted molar refractivity (Wildman–Crippen MR) is 180 cm³/mol. The summed E-state index contributed by atoms with van der Waals surface area (Å²) in [5.74, 6) is -7.08. The smallest absolute Gasteiger partial charge is 0.326 e. The lowest BCUT2D eigenvalue weighted by Gasteiger charge is -2.26. The quantitative estimate of drug-likeness (QED) is 0.0751. The van der Waals surface area contributed by atoms with Crippen LogP contribution in [0.2, 0.25) is 0 Å². The Morgan fingerprint density at radius 3 is 1.68 bits per heavy atom. The Bertz CT molecular complexity index is 1460. The van der Waals surface area contributed by atoms with Gasteiger partial charge >= 0.3 is 11.9 Å². The lowest BCUT2D eigenvalue weighted by Crippen LogP contribution is -2.59. The first kappa shape index (κ1) is 40.8. The number of hydrogen-bond donors (Lipinski definition) is 9. The van der Waals surface area contributed by atoms with Crippen molar-refractivity contribution >= 4 is 41.5 Å². The van der Waals surface area contributed by atoms with Gasteiger partial charge in [-0.15, -0.1) is 0 Å². The van der Waals surface area contributed by atoms with Crippen LogP contribution in [0.15, 0.2) is 60.7 Å². The zero-order valence-corrected chi connectivity index (χ0v) is 28.0. The largest absolute Gasteiger partial charge is 0.481 e. The molecule has 50 heavy (non-hydrogen) atoms. The lowest BCUT2D eigenvalue weighted by molar-refractivity contribution is -0.142. The summed E-state index contributed by atoms with van der Waals surface area (Å²) in [6.07, 6.45) is -0.477. The van der Waals surface area contributed by atoms with E-state index in [1.165, 1.54) is 0 Å². The van der Waals surface area contributed by atoms with Crippen LogP contribution in [0.3, 0.4) is 0 Å². The van der Waals surface area contributed by atoms with Gasteiger partial charge in [0, 0.05) is 19.3 Å². The van der Waals surface area contributed by atoms with Gasteiger partial charge in [0.15, 0.2) is 0 Å². The number of carboxylic acids is 2. The molecule has 2 rings (SSSR count). The molecule has 0 aromatic heterocycles. The Balaban J connectivity index is 2.18. The molecule has 2 aromatic carbocycles. The number of carboxylic acid groups (broad SMARTS) is 2. The number of aliphatic hydroxyl groups excluding tert-OH is 1. The highest BCUT2D eigenvalue weighted by Gasteiger charge is 2.31. The highest BCUT2D eigenvalue weighted by molar-refractivity contribution is 5.96. The molecule has 2 aromatic rings. The predicted octanol–water partition coefficient (Wildman–Crippen LogP) is -1.16. The molecule has 5 amide bonds. The minimum absolute atomic E-state index is 0.00249. The summed E-state index contributed by atoms with van der Waals surface area (Å²) in [6, 6.07) is 10.5. The molecule has 16 nitrogen and oxygen atoms in total. The molecule has 0 heterocycles. The minimum atomic E-state index is -1.52. The van der Waals surface area contributed by atoms with E-state index in [-0.39, 0.29) is 18.8 Å². The monoisotopic (exact) mass is 698 g/mol. The molecule has 0 aliphatic carbocycles. The van der Waals surface area contributed by atoms with E-state index in [2.05, 4.69) is 26.6 Å². The van der Waals surface area contributed by atoms with Crippen molar-refractivity contribution in [3.05, 3.63) is 71.8 Å². The van der Waals surface area contributed by atoms with Crippen LogP contribution in [0.1, 0.15) is 44.2 Å². The maximum absolute atomic E-state index is 13.5. The van der Waals surface area contributed by atoms with Gasteiger partial charge in [-0.3, -0.25) is 28.8 Å². The number of benzene rings is 2. The van der Waals surface area contributed by atoms with Gasteiger partial charge in [-0.05, 0) is 23.5 Å². The van der Waals surface area contributed by atoms with E-state index in [1.54, 1.807) is 67.6 Å². The van der Waals surface area contributed by atoms with E-state index < -0.39 is 97.7 Å². The maximum Gasteiger partial charge on any atom is 0.326 e. The first-order valence-electron chi connectivity index (χ1n) is 16.1. The van der Waals surface area contributed by atoms with Crippen LogP contribution in [0.5, 0.6) is 0 Å². The van der Waals surface area contributed by atoms with Gasteiger partial charge in [-0.1, -0.05) is 80.9 Å². The topological polar surface area (TPSA) is 266 Å². The zero-order valence-electron chi connectivity index (χ0n) is 28.0. The van der Waals surface area contributed by atoms with Gasteiger partial charge in [0.05, 0.1) is 19.2 Å². The maximum atomic E-state index is 13.5. The number of carbonyl (C=O) groups excluding carboxylic acids is 5. The van der Waals surface area contributed by atoms with Crippen LogP contribution in [-0.4, -0.2) is 100 Å². The summed E-state index contributed by atoms with van der Waals surface area (Å²) in [5.41, 5.74) is 7.20. The molecule has 0 saturated carbocycles. The zero-order chi connectivity index (χ0) is 37.2. The van der Waals surface area contributed by atoms with Gasteiger partial charge in [0.2, 0.25) is 29.5 Å². The first-order chi connectivity index (χ1) is 23.7. The first-order valence-corrected chi connectivity index (χ1v) is 16.1. The molecule has 0 spiro atoms. The van der Waals surface area contributed by atoms with Gasteiger partial charge in [0.25, 0.3) is 0 Å². The molecule has 0 aliphatic heterocycles. The van der Waals surface area contributed by atoms with Crippen molar-refractivity contribution in [2.45, 2.75) is 76.2 Å². The standard InChI is InChI=1S/C34H46N6O10/c1-3-20(2)29(35)33(48)40-26(19-41)32(47)38-23(14-15-28(43)44)31(46)39-24(16-21-10-6-4-7-11-21)30(45)36-18-27(42)37-25(34(49)50)17-22-12-8-5-9-13-22/h4-13,20,23-26,29,41H,3,14-19,35H2,1-2H3,(H,36,45)(H,37,42)(H,38,47)(H,39,46)(H,40,48)(H,43,44)(H,49,50). The number of aliphatic carboxylic acids is 2. The summed E-state index contributed by atoms with van der Waals surface area (Å²) >= 11 is 0. The number of nitrogens with one attached hydrogen (secondary N) is 5. The number of rotatable bonds is 21. The van der Waals surface area contributed by atoms with Crippen LogP contribution in [0.25, 0.3) is 0 Å². The van der Waals surface area contributed by atoms with E-state index in [0.29, 0.717) is 17.5 Å². The van der Waals surface area contributed by atoms with E-state index >= 15 is 0 Å². The number of aliphatic hydroxyl groups is 1. The second-order valence-electron chi connectivity index (χ2n) is 11.8. The molecule has 10 N–H and O–H groups in total. The second-order valence-corrected chi connectivity index (χ2v) is 11.8. The average Bonchev–Trinajstić information content (AvgIpc) is 3.10. The Labute approximate surface area is 289 Å². The van der Waals surface area contributed by atoms with Crippen LogP contribution in [-0.2, 0) is 46.4 Å². The van der Waals surface area contributed by atoms with Crippen molar-refractivity contribution in [3.8, 4) is 0 Å². The third-order valence-corrected chi connectivity index (χ3v) is 7.91. The van der Waals surface area contributed by atoms with Crippen LogP contribution in [0, 0.1) is 5.92 Å². The molecular formula is C34H46N6O10. The van der Waals surface area contributed by atoms with Crippen molar-refractivity contribution in [1.82, 2.24) is 26.6 Å². The number of amides is 5. The third-order valence-electron chi connectivity index (χ3n) is 7.91. The summed E-state index contributed by atoms with van der Waals surface area (Å²) in [5, 5.41) is 40.6. The Kier molecular flexibility index (Phi) is 17.1. The summed E-state index contributed by atoms with van der Waals surface area (Å²) in [7, 11) is 0. The highest BCUT2D eigenvalue weighted by atomic mass is 16.4. The summed E-state index contributed by atoms with van der Waals surface area (Å²) in [6.45, 7) is 2.07. The average molecular weight is 699 g/mol. The number of carbonyl (C=O) groups is 7. The van der Waals surface area contributed by atoms with E-state index in [9.17, 15) is 48.9 Å². The minimum Gasteiger partial charge on any atom is -0.481 e. The fourth-order valence-electron chi connectivity index (χ4n) is 4.70. The Morgan fingerprint density at radius 1 is 0.680 bits per heavy atom. The van der Waals surface area contributed by atoms with Crippen LogP contribution < -0.4 is 32.3 Å². The molecule has 6 unspecified atom stereocenters. The Hall–Kier alpha value is -5.35.